The Bertz CT molecular complexity index is 518. The van der Waals surface area contributed by atoms with E-state index in [9.17, 15) is 0 Å². The summed E-state index contributed by atoms with van der Waals surface area (Å²) in [6.07, 6.45) is 1.92. The van der Waals surface area contributed by atoms with E-state index in [0.29, 0.717) is 5.92 Å². The fourth-order valence-electron chi connectivity index (χ4n) is 2.93. The van der Waals surface area contributed by atoms with Gasteiger partial charge in [-0.1, -0.05) is 36.8 Å². The van der Waals surface area contributed by atoms with Gasteiger partial charge in [-0.2, -0.15) is 0 Å². The van der Waals surface area contributed by atoms with E-state index >= 15 is 0 Å². The van der Waals surface area contributed by atoms with Crippen molar-refractivity contribution in [1.82, 2.24) is 10.3 Å². The second kappa shape index (κ2) is 4.48. The van der Waals surface area contributed by atoms with Crippen LogP contribution < -0.4 is 5.32 Å². The van der Waals surface area contributed by atoms with Crippen molar-refractivity contribution in [1.29, 1.82) is 0 Å². The molecule has 2 atom stereocenters. The van der Waals surface area contributed by atoms with Crippen molar-refractivity contribution < 1.29 is 0 Å². The summed E-state index contributed by atoms with van der Waals surface area (Å²) in [7, 11) is 0. The van der Waals surface area contributed by atoms with Crippen molar-refractivity contribution in [2.24, 2.45) is 5.92 Å². The highest BCUT2D eigenvalue weighted by molar-refractivity contribution is 7.09. The van der Waals surface area contributed by atoms with E-state index in [1.807, 2.05) is 6.20 Å². The van der Waals surface area contributed by atoms with E-state index in [4.69, 9.17) is 0 Å². The normalized spacial score (nSPS) is 27.6. The van der Waals surface area contributed by atoms with Gasteiger partial charge in [0.1, 0.15) is 5.01 Å². The molecule has 0 bridgehead atoms. The van der Waals surface area contributed by atoms with Crippen molar-refractivity contribution in [2.45, 2.75) is 19.3 Å². The first-order valence-electron chi connectivity index (χ1n) is 6.41. The lowest BCUT2D eigenvalue weighted by atomic mass is 9.73. The first-order valence-corrected chi connectivity index (χ1v) is 7.29. The van der Waals surface area contributed by atoms with Crippen molar-refractivity contribution in [3.63, 3.8) is 0 Å². The van der Waals surface area contributed by atoms with Gasteiger partial charge in [-0.05, 0) is 24.9 Å². The first kappa shape index (κ1) is 11.9. The van der Waals surface area contributed by atoms with E-state index in [-0.39, 0.29) is 5.41 Å². The van der Waals surface area contributed by atoms with Gasteiger partial charge < -0.3 is 5.32 Å². The zero-order valence-corrected chi connectivity index (χ0v) is 11.6. The van der Waals surface area contributed by atoms with Crippen LogP contribution in [0.25, 0.3) is 0 Å². The van der Waals surface area contributed by atoms with E-state index in [1.165, 1.54) is 16.1 Å². The second-order valence-corrected chi connectivity index (χ2v) is 6.10. The predicted molar refractivity (Wildman–Crippen MR) is 76.1 cm³/mol. The number of nitrogens with zero attached hydrogens (tertiary/aromatic N) is 1. The topological polar surface area (TPSA) is 24.9 Å². The van der Waals surface area contributed by atoms with Crippen LogP contribution in [-0.2, 0) is 5.41 Å². The summed E-state index contributed by atoms with van der Waals surface area (Å²) in [6, 6.07) is 8.94. The van der Waals surface area contributed by atoms with Gasteiger partial charge in [0.15, 0.2) is 0 Å². The van der Waals surface area contributed by atoms with Crippen molar-refractivity contribution in [3.8, 4) is 0 Å². The lowest BCUT2D eigenvalue weighted by Gasteiger charge is -2.31. The number of benzene rings is 1. The van der Waals surface area contributed by atoms with Crippen LogP contribution in [0.3, 0.4) is 0 Å². The molecule has 0 spiro atoms. The number of rotatable bonds is 2. The third-order valence-corrected chi connectivity index (χ3v) is 5.03. The van der Waals surface area contributed by atoms with Crippen LogP contribution in [-0.4, -0.2) is 18.1 Å². The van der Waals surface area contributed by atoms with Crippen LogP contribution >= 0.6 is 11.3 Å². The molecule has 2 aromatic rings. The maximum Gasteiger partial charge on any atom is 0.105 e. The number of aryl methyl sites for hydroxylation is 1. The molecule has 1 fully saturated rings. The van der Waals surface area contributed by atoms with E-state index in [2.05, 4.69) is 53.8 Å². The molecule has 2 nitrogen and oxygen atoms in total. The molecule has 2 unspecified atom stereocenters. The lowest BCUT2D eigenvalue weighted by molar-refractivity contribution is 0.437. The fourth-order valence-corrected chi connectivity index (χ4v) is 3.90. The Labute approximate surface area is 112 Å². The van der Waals surface area contributed by atoms with Crippen molar-refractivity contribution >= 4 is 11.3 Å². The molecule has 94 valence electrons. The van der Waals surface area contributed by atoms with Crippen molar-refractivity contribution in [2.75, 3.05) is 13.1 Å². The van der Waals surface area contributed by atoms with Crippen LogP contribution in [0.5, 0.6) is 0 Å². The predicted octanol–water partition coefficient (Wildman–Crippen LogP) is 2.98. The zero-order valence-electron chi connectivity index (χ0n) is 10.8. The standard InChI is InChI=1S/C15H18N2S/c1-11-3-5-13(6-4-11)15(10-16-9-12(15)2)14-17-7-8-18-14/h3-8,12,16H,9-10H2,1-2H3. The van der Waals surface area contributed by atoms with E-state index in [0.717, 1.165) is 13.1 Å². The molecule has 18 heavy (non-hydrogen) atoms. The van der Waals surface area contributed by atoms with Gasteiger partial charge in [0.2, 0.25) is 0 Å². The highest BCUT2D eigenvalue weighted by atomic mass is 32.1. The largest absolute Gasteiger partial charge is 0.315 e. The number of hydrogen-bond donors (Lipinski definition) is 1. The SMILES string of the molecule is Cc1ccc(C2(c3nccs3)CNCC2C)cc1. The molecule has 0 saturated carbocycles. The number of nitrogens with one attached hydrogen (secondary N) is 1. The minimum absolute atomic E-state index is 0.0574. The molecule has 0 aliphatic carbocycles. The quantitative estimate of drug-likeness (QED) is 0.896. The highest BCUT2D eigenvalue weighted by Gasteiger charge is 2.45. The summed E-state index contributed by atoms with van der Waals surface area (Å²) in [4.78, 5) is 4.60. The zero-order chi connectivity index (χ0) is 12.6. The summed E-state index contributed by atoms with van der Waals surface area (Å²) < 4.78 is 0. The van der Waals surface area contributed by atoms with Crippen LogP contribution in [0, 0.1) is 12.8 Å². The van der Waals surface area contributed by atoms with Gasteiger partial charge in [-0.3, -0.25) is 0 Å². The molecular weight excluding hydrogens is 240 g/mol. The van der Waals surface area contributed by atoms with E-state index in [1.54, 1.807) is 11.3 Å². The van der Waals surface area contributed by atoms with Crippen molar-refractivity contribution in [3.05, 3.63) is 52.0 Å². The molecule has 3 heteroatoms. The molecule has 1 aromatic heterocycles. The molecule has 0 amide bonds. The average molecular weight is 258 g/mol. The third kappa shape index (κ3) is 1.70. The minimum atomic E-state index is 0.0574. The Morgan fingerprint density at radius 2 is 2.11 bits per heavy atom. The summed E-state index contributed by atoms with van der Waals surface area (Å²) in [6.45, 7) is 6.51. The molecule has 0 radical (unpaired) electrons. The number of thiazole rings is 1. The summed E-state index contributed by atoms with van der Waals surface area (Å²) in [5, 5.41) is 6.85. The molecule has 1 saturated heterocycles. The first-order chi connectivity index (χ1) is 8.73. The molecule has 1 aliphatic rings. The van der Waals surface area contributed by atoms with Gasteiger partial charge >= 0.3 is 0 Å². The Morgan fingerprint density at radius 1 is 1.33 bits per heavy atom. The molecule has 1 aromatic carbocycles. The maximum absolute atomic E-state index is 4.60. The van der Waals surface area contributed by atoms with Gasteiger partial charge in [-0.15, -0.1) is 11.3 Å². The average Bonchev–Trinajstić information content (AvgIpc) is 3.00. The Kier molecular flexibility index (Phi) is 2.96. The second-order valence-electron chi connectivity index (χ2n) is 5.21. The number of hydrogen-bond acceptors (Lipinski definition) is 3. The Balaban J connectivity index is 2.14. The fraction of sp³-hybridized carbons (Fsp3) is 0.400. The van der Waals surface area contributed by atoms with Gasteiger partial charge in [-0.25, -0.2) is 4.98 Å². The molecular formula is C15H18N2S. The molecule has 1 N–H and O–H groups in total. The van der Waals surface area contributed by atoms with Crippen LogP contribution in [0.1, 0.15) is 23.1 Å². The molecule has 2 heterocycles. The smallest absolute Gasteiger partial charge is 0.105 e. The Morgan fingerprint density at radius 3 is 2.67 bits per heavy atom. The highest BCUT2D eigenvalue weighted by Crippen LogP contribution is 2.42. The van der Waals surface area contributed by atoms with Crippen LogP contribution in [0.15, 0.2) is 35.8 Å². The monoisotopic (exact) mass is 258 g/mol. The molecule has 1 aliphatic heterocycles. The third-order valence-electron chi connectivity index (χ3n) is 4.08. The Hall–Kier alpha value is -1.19. The lowest BCUT2D eigenvalue weighted by Crippen LogP contribution is -2.35. The summed E-state index contributed by atoms with van der Waals surface area (Å²) in [5.74, 6) is 0.575. The minimum Gasteiger partial charge on any atom is -0.315 e. The van der Waals surface area contributed by atoms with Gasteiger partial charge in [0, 0.05) is 18.1 Å². The van der Waals surface area contributed by atoms with Gasteiger partial charge in [0.05, 0.1) is 5.41 Å². The number of aromatic nitrogens is 1. The van der Waals surface area contributed by atoms with Gasteiger partial charge in [0.25, 0.3) is 0 Å². The summed E-state index contributed by atoms with van der Waals surface area (Å²) >= 11 is 1.77. The summed E-state index contributed by atoms with van der Waals surface area (Å²) in [5.41, 5.74) is 2.76. The van der Waals surface area contributed by atoms with E-state index < -0.39 is 0 Å². The maximum atomic E-state index is 4.60. The van der Waals surface area contributed by atoms with Crippen LogP contribution in [0.2, 0.25) is 0 Å². The van der Waals surface area contributed by atoms with Crippen LogP contribution in [0.4, 0.5) is 0 Å². The molecule has 3 rings (SSSR count).